The highest BCUT2D eigenvalue weighted by atomic mass is 32.2. The number of carbonyl (C=O) groups is 3. The third-order valence-electron chi connectivity index (χ3n) is 12.1. The Kier molecular flexibility index (Phi) is 11.5. The topological polar surface area (TPSA) is 116 Å². The molecule has 1 saturated carbocycles. The van der Waals surface area contributed by atoms with E-state index in [9.17, 15) is 27.2 Å². The van der Waals surface area contributed by atoms with Crippen molar-refractivity contribution in [1.82, 2.24) is 15.1 Å². The smallest absolute Gasteiger partial charge is 0.305 e. The van der Waals surface area contributed by atoms with Gasteiger partial charge in [-0.05, 0) is 111 Å². The van der Waals surface area contributed by atoms with Crippen LogP contribution in [0.5, 0.6) is 0 Å². The number of alkyl halides is 1. The van der Waals surface area contributed by atoms with Crippen molar-refractivity contribution in [3.63, 3.8) is 0 Å². The highest BCUT2D eigenvalue weighted by molar-refractivity contribution is 7.92. The summed E-state index contributed by atoms with van der Waals surface area (Å²) in [5.74, 6) is 3.92. The number of ether oxygens (including phenoxy) is 1. The molecule has 0 radical (unpaired) electrons. The maximum Gasteiger partial charge on any atom is 0.305 e. The maximum atomic E-state index is 16.2. The van der Waals surface area contributed by atoms with Crippen LogP contribution in [-0.2, 0) is 34.4 Å². The fourth-order valence-corrected chi connectivity index (χ4v) is 11.0. The number of hydrogen-bond acceptors (Lipinski definition) is 8. The van der Waals surface area contributed by atoms with Crippen molar-refractivity contribution in [3.8, 4) is 11.8 Å². The lowest BCUT2D eigenvalue weighted by Gasteiger charge is -2.52. The number of rotatable bonds is 12. The summed E-state index contributed by atoms with van der Waals surface area (Å²) in [6, 6.07) is 13.2. The first-order valence-electron chi connectivity index (χ1n) is 18.6. The van der Waals surface area contributed by atoms with Gasteiger partial charge in [0.05, 0.1) is 25.1 Å². The number of esters is 1. The number of sulfone groups is 1. The summed E-state index contributed by atoms with van der Waals surface area (Å²) >= 11 is 0. The molecular formula is C40H50F2N4O6S. The Morgan fingerprint density at radius 1 is 1.04 bits per heavy atom. The molecule has 0 bridgehead atoms. The average molecular weight is 753 g/mol. The van der Waals surface area contributed by atoms with Gasteiger partial charge in [0.1, 0.15) is 11.1 Å². The van der Waals surface area contributed by atoms with E-state index in [1.807, 2.05) is 11.0 Å². The van der Waals surface area contributed by atoms with Gasteiger partial charge >= 0.3 is 5.97 Å². The van der Waals surface area contributed by atoms with E-state index in [1.165, 1.54) is 25.0 Å². The number of nitrogens with one attached hydrogen (secondary N) is 1. The maximum absolute atomic E-state index is 16.2. The van der Waals surface area contributed by atoms with Gasteiger partial charge in [-0.25, -0.2) is 17.2 Å². The van der Waals surface area contributed by atoms with E-state index in [2.05, 4.69) is 22.1 Å². The zero-order valence-electron chi connectivity index (χ0n) is 30.8. The van der Waals surface area contributed by atoms with Gasteiger partial charge in [0, 0.05) is 50.6 Å². The predicted molar refractivity (Wildman–Crippen MR) is 197 cm³/mol. The molecule has 6 rings (SSSR count). The van der Waals surface area contributed by atoms with Crippen molar-refractivity contribution in [2.24, 2.45) is 17.8 Å². The Morgan fingerprint density at radius 2 is 1.74 bits per heavy atom. The third kappa shape index (κ3) is 8.09. The molecule has 4 fully saturated rings. The molecule has 1 N–H and O–H groups in total. The normalized spacial score (nSPS) is 23.2. The van der Waals surface area contributed by atoms with Crippen LogP contribution in [0.15, 0.2) is 53.4 Å². The number of carbonyl (C=O) groups excluding carboxylic acids is 3. The number of hydrogen-bond donors (Lipinski definition) is 1. The van der Waals surface area contributed by atoms with Gasteiger partial charge in [0.15, 0.2) is 15.5 Å². The second kappa shape index (κ2) is 15.8. The average Bonchev–Trinajstić information content (AvgIpc) is 3.55. The van der Waals surface area contributed by atoms with Gasteiger partial charge in [0.2, 0.25) is 5.91 Å². The Hall–Kier alpha value is -4.02. The molecule has 286 valence electrons. The lowest BCUT2D eigenvalue weighted by molar-refractivity contribution is -0.142. The number of halogens is 2. The van der Waals surface area contributed by atoms with Gasteiger partial charge in [-0.2, -0.15) is 0 Å². The number of anilines is 1. The number of methoxy groups -OCH3 is 1. The third-order valence-corrected chi connectivity index (χ3v) is 14.2. The molecule has 2 aromatic rings. The van der Waals surface area contributed by atoms with Crippen LogP contribution < -0.4 is 10.2 Å². The summed E-state index contributed by atoms with van der Waals surface area (Å²) in [7, 11) is -2.23. The van der Waals surface area contributed by atoms with Gasteiger partial charge < -0.3 is 19.9 Å². The van der Waals surface area contributed by atoms with Crippen LogP contribution in [0.25, 0.3) is 0 Å². The van der Waals surface area contributed by atoms with Gasteiger partial charge in [-0.1, -0.05) is 24.5 Å². The van der Waals surface area contributed by atoms with Gasteiger partial charge in [-0.15, -0.1) is 0 Å². The molecule has 3 saturated heterocycles. The summed E-state index contributed by atoms with van der Waals surface area (Å²) in [4.78, 5) is 42.4. The summed E-state index contributed by atoms with van der Waals surface area (Å²) in [6.07, 6.45) is 4.36. The van der Waals surface area contributed by atoms with E-state index in [-0.39, 0.29) is 85.4 Å². The van der Waals surface area contributed by atoms with Crippen LogP contribution in [0.1, 0.15) is 57.9 Å². The summed E-state index contributed by atoms with van der Waals surface area (Å²) < 4.78 is 62.3. The molecule has 13 heteroatoms. The molecular weight excluding hydrogens is 703 g/mol. The predicted octanol–water partition coefficient (Wildman–Crippen LogP) is 4.13. The molecule has 2 aromatic carbocycles. The van der Waals surface area contributed by atoms with E-state index >= 15 is 4.39 Å². The highest BCUT2D eigenvalue weighted by Gasteiger charge is 2.53. The van der Waals surface area contributed by atoms with E-state index in [1.54, 1.807) is 43.3 Å². The van der Waals surface area contributed by atoms with Crippen LogP contribution in [0.2, 0.25) is 0 Å². The molecule has 2 amide bonds. The molecule has 3 heterocycles. The molecule has 0 spiro atoms. The fourth-order valence-electron chi connectivity index (χ4n) is 9.39. The number of amides is 2. The molecule has 3 atom stereocenters. The Labute approximate surface area is 311 Å². The molecule has 10 nitrogen and oxygen atoms in total. The van der Waals surface area contributed by atoms with Crippen LogP contribution in [0, 0.1) is 35.4 Å². The first-order chi connectivity index (χ1) is 25.3. The number of nitrogens with zero attached hydrogens (tertiary/aromatic N) is 3. The number of benzene rings is 2. The standard InChI is InChI=1S/C40H50F2N4O6S/c1-4-7-37(48)45-22-35(23-45)53(50,51)34-14-12-33(13-15-34)46-26-39(42,27-46)25-44-18-16-30(17-19-44)40(24-43-28(2)47,31-9-6-10-32(41)21-31)36-11-5-8-29(36)20-38(49)52-3/h6,9-10,12-15,21,29-30,35-36H,5,8,11,16-20,22-27H2,1-3H3,(H,43,47)/t29-,36+,40+/m1/s1. The minimum Gasteiger partial charge on any atom is -0.469 e. The van der Waals surface area contributed by atoms with Crippen molar-refractivity contribution < 1.29 is 36.3 Å². The van der Waals surface area contributed by atoms with Crippen LogP contribution in [-0.4, -0.2) is 106 Å². The Balaban J connectivity index is 1.10. The zero-order chi connectivity index (χ0) is 38.0. The monoisotopic (exact) mass is 752 g/mol. The SMILES string of the molecule is CC#CC(=O)N1CC(S(=O)(=O)c2ccc(N3CC(F)(CN4CCC([C@@](CNC(C)=O)(c5cccc(F)c5)[C@H]5CCC[C@@H]5CC(=O)OC)CC4)C3)cc2)C1. The van der Waals surface area contributed by atoms with Crippen LogP contribution >= 0.6 is 0 Å². The van der Waals surface area contributed by atoms with Crippen molar-refractivity contribution in [1.29, 1.82) is 0 Å². The quantitative estimate of drug-likeness (QED) is 0.255. The van der Waals surface area contributed by atoms with E-state index < -0.39 is 26.2 Å². The lowest BCUT2D eigenvalue weighted by Crippen LogP contribution is -2.64. The Morgan fingerprint density at radius 3 is 2.36 bits per heavy atom. The largest absolute Gasteiger partial charge is 0.469 e. The minimum atomic E-state index is -3.62. The van der Waals surface area contributed by atoms with Crippen LogP contribution in [0.3, 0.4) is 0 Å². The fraction of sp³-hybridized carbons (Fsp3) is 0.575. The lowest BCUT2D eigenvalue weighted by atomic mass is 9.57. The van der Waals surface area contributed by atoms with E-state index in [0.717, 1.165) is 43.4 Å². The van der Waals surface area contributed by atoms with E-state index in [0.29, 0.717) is 19.6 Å². The molecule has 53 heavy (non-hydrogen) atoms. The minimum absolute atomic E-state index is 0.0224. The Bertz CT molecular complexity index is 1840. The summed E-state index contributed by atoms with van der Waals surface area (Å²) in [6.45, 7) is 5.51. The van der Waals surface area contributed by atoms with E-state index in [4.69, 9.17) is 4.74 Å². The van der Waals surface area contributed by atoms with Crippen molar-refractivity contribution >= 4 is 33.3 Å². The first kappa shape index (κ1) is 38.7. The molecule has 4 aliphatic rings. The van der Waals surface area contributed by atoms with Crippen molar-refractivity contribution in [3.05, 3.63) is 59.9 Å². The molecule has 3 aliphatic heterocycles. The second-order valence-electron chi connectivity index (χ2n) is 15.3. The summed E-state index contributed by atoms with van der Waals surface area (Å²) in [5.41, 5.74) is -0.480. The summed E-state index contributed by atoms with van der Waals surface area (Å²) in [5, 5.41) is 2.40. The zero-order valence-corrected chi connectivity index (χ0v) is 31.6. The van der Waals surface area contributed by atoms with Crippen molar-refractivity contribution in [2.75, 3.05) is 64.4 Å². The molecule has 0 unspecified atom stereocenters. The van der Waals surface area contributed by atoms with Crippen molar-refractivity contribution in [2.45, 2.75) is 73.6 Å². The number of piperidine rings is 1. The van der Waals surface area contributed by atoms with Gasteiger partial charge in [-0.3, -0.25) is 19.3 Å². The highest BCUT2D eigenvalue weighted by Crippen LogP contribution is 2.53. The van der Waals surface area contributed by atoms with Gasteiger partial charge in [0.25, 0.3) is 5.91 Å². The first-order valence-corrected chi connectivity index (χ1v) is 20.1. The molecule has 0 aromatic heterocycles. The second-order valence-corrected chi connectivity index (χ2v) is 17.6. The van der Waals surface area contributed by atoms with Crippen LogP contribution in [0.4, 0.5) is 14.5 Å². The number of likely N-dealkylation sites (tertiary alicyclic amines) is 2. The molecule has 1 aliphatic carbocycles.